The summed E-state index contributed by atoms with van der Waals surface area (Å²) in [5, 5.41) is 11.1. The highest BCUT2D eigenvalue weighted by Crippen LogP contribution is 2.19. The lowest BCUT2D eigenvalue weighted by Crippen LogP contribution is -2.47. The van der Waals surface area contributed by atoms with Crippen molar-refractivity contribution in [2.75, 3.05) is 19.7 Å². The number of nitrogens with zero attached hydrogens (tertiary/aromatic N) is 4. The summed E-state index contributed by atoms with van der Waals surface area (Å²) in [6.07, 6.45) is 11.9. The van der Waals surface area contributed by atoms with Gasteiger partial charge in [0.2, 0.25) is 0 Å². The summed E-state index contributed by atoms with van der Waals surface area (Å²) in [6.45, 7) is 5.21. The third-order valence-electron chi connectivity index (χ3n) is 5.01. The molecule has 0 aromatic carbocycles. The molecule has 0 spiro atoms. The van der Waals surface area contributed by atoms with Gasteiger partial charge < -0.3 is 15.4 Å². The van der Waals surface area contributed by atoms with E-state index in [2.05, 4.69) is 32.6 Å². The van der Waals surface area contributed by atoms with E-state index in [1.807, 2.05) is 4.68 Å². The molecule has 0 bridgehead atoms. The first-order valence-corrected chi connectivity index (χ1v) is 9.88. The average Bonchev–Trinajstić information content (AvgIpc) is 2.93. The fraction of sp³-hybridized carbons (Fsp3) is 0.833. The zero-order chi connectivity index (χ0) is 17.3. The van der Waals surface area contributed by atoms with Crippen LogP contribution in [0.2, 0.25) is 0 Å². The van der Waals surface area contributed by atoms with E-state index in [1.54, 1.807) is 6.33 Å². The van der Waals surface area contributed by atoms with Gasteiger partial charge in [-0.2, -0.15) is 5.10 Å². The second-order valence-corrected chi connectivity index (χ2v) is 6.98. The second kappa shape index (κ2) is 9.75. The van der Waals surface area contributed by atoms with Crippen LogP contribution in [0.25, 0.3) is 0 Å². The first-order valence-electron chi connectivity index (χ1n) is 9.88. The molecule has 0 amide bonds. The Morgan fingerprint density at radius 3 is 2.92 bits per heavy atom. The van der Waals surface area contributed by atoms with Gasteiger partial charge in [-0.15, -0.1) is 0 Å². The van der Waals surface area contributed by atoms with Crippen LogP contribution in [0.3, 0.4) is 0 Å². The van der Waals surface area contributed by atoms with Crippen molar-refractivity contribution in [3.05, 3.63) is 12.2 Å². The van der Waals surface area contributed by atoms with E-state index in [0.717, 1.165) is 37.7 Å². The van der Waals surface area contributed by atoms with Crippen molar-refractivity contribution in [1.29, 1.82) is 0 Å². The van der Waals surface area contributed by atoms with Crippen LogP contribution in [0.15, 0.2) is 11.3 Å². The third-order valence-corrected chi connectivity index (χ3v) is 5.01. The summed E-state index contributed by atoms with van der Waals surface area (Å²) in [5.74, 6) is 1.96. The van der Waals surface area contributed by atoms with E-state index in [4.69, 9.17) is 4.74 Å². The van der Waals surface area contributed by atoms with Gasteiger partial charge in [-0.05, 0) is 26.2 Å². The monoisotopic (exact) mass is 348 g/mol. The molecule has 2 heterocycles. The van der Waals surface area contributed by atoms with Crippen LogP contribution in [-0.4, -0.2) is 52.6 Å². The predicted octanol–water partition coefficient (Wildman–Crippen LogP) is 1.89. The molecule has 7 nitrogen and oxygen atoms in total. The summed E-state index contributed by atoms with van der Waals surface area (Å²) in [4.78, 5) is 8.96. The largest absolute Gasteiger partial charge is 0.376 e. The molecule has 2 aliphatic rings. The lowest BCUT2D eigenvalue weighted by molar-refractivity contribution is 0.0487. The maximum Gasteiger partial charge on any atom is 0.191 e. The van der Waals surface area contributed by atoms with Crippen molar-refractivity contribution in [2.24, 2.45) is 4.99 Å². The SMILES string of the molecule is CCNC(=NCCOC1CCCCCC1)NC1CCc2ncnn2C1. The van der Waals surface area contributed by atoms with Crippen molar-refractivity contribution in [1.82, 2.24) is 25.4 Å². The van der Waals surface area contributed by atoms with Crippen LogP contribution in [0.5, 0.6) is 0 Å². The molecule has 1 aliphatic carbocycles. The predicted molar refractivity (Wildman–Crippen MR) is 98.7 cm³/mol. The van der Waals surface area contributed by atoms with Gasteiger partial charge in [-0.25, -0.2) is 9.67 Å². The molecule has 2 N–H and O–H groups in total. The standard InChI is InChI=1S/C18H32N6O/c1-2-19-18(20-11-12-25-16-7-5-3-4-6-8-16)23-15-9-10-17-21-14-22-24(17)13-15/h14-16H,2-13H2,1H3,(H2,19,20,23). The molecule has 1 aromatic rings. The van der Waals surface area contributed by atoms with Crippen LogP contribution < -0.4 is 10.6 Å². The summed E-state index contributed by atoms with van der Waals surface area (Å²) >= 11 is 0. The normalized spacial score (nSPS) is 22.3. The van der Waals surface area contributed by atoms with Crippen LogP contribution in [0.4, 0.5) is 0 Å². The van der Waals surface area contributed by atoms with Gasteiger partial charge in [0.25, 0.3) is 0 Å². The Bertz CT molecular complexity index is 535. The molecule has 1 unspecified atom stereocenters. The van der Waals surface area contributed by atoms with E-state index in [-0.39, 0.29) is 0 Å². The quantitative estimate of drug-likeness (QED) is 0.355. The molecule has 1 aliphatic heterocycles. The molecule has 7 heteroatoms. The van der Waals surface area contributed by atoms with Crippen LogP contribution in [0, 0.1) is 0 Å². The Morgan fingerprint density at radius 2 is 2.12 bits per heavy atom. The lowest BCUT2D eigenvalue weighted by Gasteiger charge is -2.25. The minimum Gasteiger partial charge on any atom is -0.376 e. The number of rotatable bonds is 6. The van der Waals surface area contributed by atoms with Crippen molar-refractivity contribution in [3.63, 3.8) is 0 Å². The molecule has 1 aromatic heterocycles. The Labute approximate surface area is 150 Å². The molecule has 1 fully saturated rings. The van der Waals surface area contributed by atoms with E-state index in [0.29, 0.717) is 25.3 Å². The van der Waals surface area contributed by atoms with Crippen LogP contribution in [0.1, 0.15) is 57.7 Å². The number of nitrogens with one attached hydrogen (secondary N) is 2. The fourth-order valence-corrected chi connectivity index (χ4v) is 3.65. The van der Waals surface area contributed by atoms with Gasteiger partial charge in [-0.1, -0.05) is 25.7 Å². The topological polar surface area (TPSA) is 76.4 Å². The summed E-state index contributed by atoms with van der Waals surface area (Å²) in [5.41, 5.74) is 0. The molecule has 25 heavy (non-hydrogen) atoms. The lowest BCUT2D eigenvalue weighted by atomic mass is 10.1. The number of hydrogen-bond donors (Lipinski definition) is 2. The molecular weight excluding hydrogens is 316 g/mol. The first-order chi connectivity index (χ1) is 12.3. The Morgan fingerprint density at radius 1 is 1.28 bits per heavy atom. The van der Waals surface area contributed by atoms with E-state index in [9.17, 15) is 0 Å². The number of guanidine groups is 1. The van der Waals surface area contributed by atoms with Gasteiger partial charge in [0, 0.05) is 19.0 Å². The number of aliphatic imine (C=N–C) groups is 1. The molecule has 3 rings (SSSR count). The van der Waals surface area contributed by atoms with Gasteiger partial charge in [-0.3, -0.25) is 4.99 Å². The smallest absolute Gasteiger partial charge is 0.191 e. The minimum absolute atomic E-state index is 0.342. The van der Waals surface area contributed by atoms with Gasteiger partial charge in [0.05, 0.1) is 25.8 Å². The minimum atomic E-state index is 0.342. The van der Waals surface area contributed by atoms with E-state index < -0.39 is 0 Å². The molecule has 1 atom stereocenters. The van der Waals surface area contributed by atoms with Crippen molar-refractivity contribution < 1.29 is 4.74 Å². The van der Waals surface area contributed by atoms with Gasteiger partial charge in [0.15, 0.2) is 5.96 Å². The van der Waals surface area contributed by atoms with Crippen LogP contribution in [-0.2, 0) is 17.7 Å². The maximum absolute atomic E-state index is 6.03. The number of aromatic nitrogens is 3. The summed E-state index contributed by atoms with van der Waals surface area (Å²) in [7, 11) is 0. The Kier molecular flexibility index (Phi) is 7.09. The molecule has 140 valence electrons. The zero-order valence-electron chi connectivity index (χ0n) is 15.4. The molecule has 0 saturated heterocycles. The second-order valence-electron chi connectivity index (χ2n) is 6.98. The number of fused-ring (bicyclic) bond motifs is 1. The maximum atomic E-state index is 6.03. The molecule has 1 saturated carbocycles. The first kappa shape index (κ1) is 18.2. The molecular formula is C18H32N6O. The number of aryl methyl sites for hydroxylation is 1. The third kappa shape index (κ3) is 5.70. The highest BCUT2D eigenvalue weighted by molar-refractivity contribution is 5.80. The van der Waals surface area contributed by atoms with Crippen molar-refractivity contribution in [2.45, 2.75) is 77.0 Å². The Hall–Kier alpha value is -1.63. The highest BCUT2D eigenvalue weighted by atomic mass is 16.5. The van der Waals surface area contributed by atoms with Gasteiger partial charge >= 0.3 is 0 Å². The fourth-order valence-electron chi connectivity index (χ4n) is 3.65. The number of hydrogen-bond acceptors (Lipinski definition) is 4. The average molecular weight is 348 g/mol. The highest BCUT2D eigenvalue weighted by Gasteiger charge is 2.20. The number of ether oxygens (including phenoxy) is 1. The van der Waals surface area contributed by atoms with Gasteiger partial charge in [0.1, 0.15) is 12.2 Å². The van der Waals surface area contributed by atoms with Crippen LogP contribution >= 0.6 is 0 Å². The zero-order valence-corrected chi connectivity index (χ0v) is 15.4. The Balaban J connectivity index is 1.43. The van der Waals surface area contributed by atoms with E-state index >= 15 is 0 Å². The van der Waals surface area contributed by atoms with Crippen molar-refractivity contribution >= 4 is 5.96 Å². The summed E-state index contributed by atoms with van der Waals surface area (Å²) < 4.78 is 8.02. The summed E-state index contributed by atoms with van der Waals surface area (Å²) in [6, 6.07) is 0.342. The van der Waals surface area contributed by atoms with Crippen molar-refractivity contribution in [3.8, 4) is 0 Å². The van der Waals surface area contributed by atoms with E-state index in [1.165, 1.54) is 38.5 Å². The molecule has 0 radical (unpaired) electrons.